The van der Waals surface area contributed by atoms with Gasteiger partial charge in [-0.05, 0) is 26.2 Å². The van der Waals surface area contributed by atoms with E-state index in [1.807, 2.05) is 11.9 Å². The van der Waals surface area contributed by atoms with Gasteiger partial charge in [-0.25, -0.2) is 0 Å². The third-order valence-electron chi connectivity index (χ3n) is 3.29. The molecular formula is C12H23NO2. The number of amides is 1. The van der Waals surface area contributed by atoms with Crippen molar-refractivity contribution in [2.45, 2.75) is 64.0 Å². The molecule has 1 amide bonds. The van der Waals surface area contributed by atoms with Gasteiger partial charge >= 0.3 is 0 Å². The van der Waals surface area contributed by atoms with Crippen molar-refractivity contribution in [2.75, 3.05) is 7.05 Å². The molecule has 0 bridgehead atoms. The Kier molecular flexibility index (Phi) is 5.09. The monoisotopic (exact) mass is 213 g/mol. The first-order valence-corrected chi connectivity index (χ1v) is 6.05. The molecule has 1 saturated carbocycles. The average Bonchev–Trinajstić information content (AvgIpc) is 2.26. The van der Waals surface area contributed by atoms with E-state index in [0.29, 0.717) is 18.9 Å². The summed E-state index contributed by atoms with van der Waals surface area (Å²) in [4.78, 5) is 13.7. The van der Waals surface area contributed by atoms with Crippen LogP contribution < -0.4 is 0 Å². The molecule has 0 radical (unpaired) electrons. The average molecular weight is 213 g/mol. The van der Waals surface area contributed by atoms with Gasteiger partial charge < -0.3 is 10.0 Å². The molecule has 1 N–H and O–H groups in total. The fourth-order valence-corrected chi connectivity index (χ4v) is 2.18. The van der Waals surface area contributed by atoms with Gasteiger partial charge in [0.15, 0.2) is 0 Å². The van der Waals surface area contributed by atoms with E-state index in [1.165, 1.54) is 19.3 Å². The highest BCUT2D eigenvalue weighted by Crippen LogP contribution is 2.22. The molecule has 0 spiro atoms. The molecule has 1 fully saturated rings. The van der Waals surface area contributed by atoms with Crippen molar-refractivity contribution in [2.24, 2.45) is 0 Å². The Morgan fingerprint density at radius 1 is 1.40 bits per heavy atom. The summed E-state index contributed by atoms with van der Waals surface area (Å²) in [5.41, 5.74) is 0. The van der Waals surface area contributed by atoms with Crippen LogP contribution in [0.4, 0.5) is 0 Å². The van der Waals surface area contributed by atoms with Gasteiger partial charge in [0.25, 0.3) is 0 Å². The molecular weight excluding hydrogens is 190 g/mol. The van der Waals surface area contributed by atoms with Crippen LogP contribution in [0.3, 0.4) is 0 Å². The minimum Gasteiger partial charge on any atom is -0.393 e. The Morgan fingerprint density at radius 3 is 2.53 bits per heavy atom. The van der Waals surface area contributed by atoms with Crippen LogP contribution in [0.15, 0.2) is 0 Å². The summed E-state index contributed by atoms with van der Waals surface area (Å²) in [6.45, 7) is 1.73. The van der Waals surface area contributed by atoms with Crippen LogP contribution in [-0.4, -0.2) is 35.1 Å². The number of hydrogen-bond acceptors (Lipinski definition) is 2. The third-order valence-corrected chi connectivity index (χ3v) is 3.29. The lowest BCUT2D eigenvalue weighted by atomic mass is 9.94. The highest BCUT2D eigenvalue weighted by molar-refractivity contribution is 5.76. The summed E-state index contributed by atoms with van der Waals surface area (Å²) in [6, 6.07) is 0.445. The summed E-state index contributed by atoms with van der Waals surface area (Å²) in [5, 5.41) is 9.12. The largest absolute Gasteiger partial charge is 0.393 e. The van der Waals surface area contributed by atoms with Crippen molar-refractivity contribution in [1.29, 1.82) is 0 Å². The topological polar surface area (TPSA) is 40.5 Å². The number of carbonyl (C=O) groups excluding carboxylic acids is 1. The first-order valence-electron chi connectivity index (χ1n) is 6.05. The van der Waals surface area contributed by atoms with E-state index < -0.39 is 0 Å². The van der Waals surface area contributed by atoms with Crippen molar-refractivity contribution >= 4 is 5.91 Å². The normalized spacial score (nSPS) is 19.9. The molecule has 3 heteroatoms. The van der Waals surface area contributed by atoms with Gasteiger partial charge in [0, 0.05) is 19.5 Å². The Morgan fingerprint density at radius 2 is 2.00 bits per heavy atom. The molecule has 0 aliphatic heterocycles. The van der Waals surface area contributed by atoms with Crippen LogP contribution in [0.25, 0.3) is 0 Å². The lowest BCUT2D eigenvalue weighted by molar-refractivity contribution is -0.133. The molecule has 3 nitrogen and oxygen atoms in total. The summed E-state index contributed by atoms with van der Waals surface area (Å²) >= 11 is 0. The van der Waals surface area contributed by atoms with E-state index in [2.05, 4.69) is 0 Å². The summed E-state index contributed by atoms with van der Waals surface area (Å²) in [7, 11) is 1.90. The van der Waals surface area contributed by atoms with E-state index in [-0.39, 0.29) is 12.0 Å². The van der Waals surface area contributed by atoms with Crippen molar-refractivity contribution in [1.82, 2.24) is 4.90 Å². The zero-order valence-corrected chi connectivity index (χ0v) is 9.91. The molecule has 0 heterocycles. The maximum Gasteiger partial charge on any atom is 0.222 e. The Labute approximate surface area is 92.5 Å². The minimum absolute atomic E-state index is 0.183. The number of carbonyl (C=O) groups is 1. The zero-order chi connectivity index (χ0) is 11.3. The second-order valence-electron chi connectivity index (χ2n) is 4.68. The number of nitrogens with zero attached hydrogens (tertiary/aromatic N) is 1. The van der Waals surface area contributed by atoms with Crippen molar-refractivity contribution in [3.8, 4) is 0 Å². The third kappa shape index (κ3) is 4.20. The maximum atomic E-state index is 11.8. The quantitative estimate of drug-likeness (QED) is 0.775. The number of aliphatic hydroxyl groups excluding tert-OH is 1. The van der Waals surface area contributed by atoms with Crippen LogP contribution >= 0.6 is 0 Å². The van der Waals surface area contributed by atoms with E-state index >= 15 is 0 Å². The summed E-state index contributed by atoms with van der Waals surface area (Å²) in [6.07, 6.45) is 6.80. The van der Waals surface area contributed by atoms with E-state index in [1.54, 1.807) is 6.92 Å². The fraction of sp³-hybridized carbons (Fsp3) is 0.917. The van der Waals surface area contributed by atoms with E-state index in [0.717, 1.165) is 12.8 Å². The van der Waals surface area contributed by atoms with Crippen molar-refractivity contribution in [3.63, 3.8) is 0 Å². The molecule has 1 aliphatic carbocycles. The fourth-order valence-electron chi connectivity index (χ4n) is 2.18. The first kappa shape index (κ1) is 12.5. The molecule has 0 aromatic rings. The van der Waals surface area contributed by atoms with Crippen LogP contribution in [0, 0.1) is 0 Å². The molecule has 0 saturated heterocycles. The van der Waals surface area contributed by atoms with Crippen molar-refractivity contribution in [3.05, 3.63) is 0 Å². The molecule has 1 aliphatic rings. The first-order chi connectivity index (χ1) is 7.11. The Hall–Kier alpha value is -0.570. The van der Waals surface area contributed by atoms with Crippen molar-refractivity contribution < 1.29 is 9.90 Å². The highest BCUT2D eigenvalue weighted by Gasteiger charge is 2.21. The van der Waals surface area contributed by atoms with Gasteiger partial charge in [-0.2, -0.15) is 0 Å². The van der Waals surface area contributed by atoms with E-state index in [4.69, 9.17) is 5.11 Å². The second-order valence-corrected chi connectivity index (χ2v) is 4.68. The Bertz CT molecular complexity index is 198. The molecule has 1 atom stereocenters. The minimum atomic E-state index is -0.367. The number of aliphatic hydroxyl groups is 1. The zero-order valence-electron chi connectivity index (χ0n) is 9.91. The molecule has 1 rings (SSSR count). The predicted octanol–water partition coefficient (Wildman–Crippen LogP) is 1.94. The van der Waals surface area contributed by atoms with Gasteiger partial charge in [-0.1, -0.05) is 19.3 Å². The molecule has 0 aromatic carbocycles. The summed E-state index contributed by atoms with van der Waals surface area (Å²) in [5.74, 6) is 0.183. The van der Waals surface area contributed by atoms with Gasteiger partial charge in [0.2, 0.25) is 5.91 Å². The lowest BCUT2D eigenvalue weighted by Gasteiger charge is -2.31. The van der Waals surface area contributed by atoms with Crippen LogP contribution in [-0.2, 0) is 4.79 Å². The SMILES string of the molecule is CC(O)CCC(=O)N(C)C1CCCCC1. The molecule has 15 heavy (non-hydrogen) atoms. The van der Waals surface area contributed by atoms with Gasteiger partial charge in [0.05, 0.1) is 6.10 Å². The highest BCUT2D eigenvalue weighted by atomic mass is 16.3. The molecule has 0 aromatic heterocycles. The van der Waals surface area contributed by atoms with Crippen LogP contribution in [0.1, 0.15) is 51.9 Å². The maximum absolute atomic E-state index is 11.8. The molecule has 88 valence electrons. The van der Waals surface area contributed by atoms with Gasteiger partial charge in [0.1, 0.15) is 0 Å². The Balaban J connectivity index is 2.30. The summed E-state index contributed by atoms with van der Waals surface area (Å²) < 4.78 is 0. The smallest absolute Gasteiger partial charge is 0.222 e. The van der Waals surface area contributed by atoms with Crippen LogP contribution in [0.2, 0.25) is 0 Å². The van der Waals surface area contributed by atoms with Gasteiger partial charge in [-0.3, -0.25) is 4.79 Å². The molecule has 1 unspecified atom stereocenters. The van der Waals surface area contributed by atoms with Crippen LogP contribution in [0.5, 0.6) is 0 Å². The standard InChI is InChI=1S/C12H23NO2/c1-10(14)8-9-12(15)13(2)11-6-4-3-5-7-11/h10-11,14H,3-9H2,1-2H3. The number of hydrogen-bond donors (Lipinski definition) is 1. The van der Waals surface area contributed by atoms with Gasteiger partial charge in [-0.15, -0.1) is 0 Å². The predicted molar refractivity (Wildman–Crippen MR) is 60.6 cm³/mol. The number of rotatable bonds is 4. The second kappa shape index (κ2) is 6.11. The van der Waals surface area contributed by atoms with E-state index in [9.17, 15) is 4.79 Å². The lowest BCUT2D eigenvalue weighted by Crippen LogP contribution is -2.38.